The second-order valence-corrected chi connectivity index (χ2v) is 4.93. The van der Waals surface area contributed by atoms with E-state index in [-0.39, 0.29) is 25.4 Å². The molecule has 3 atom stereocenters. The predicted molar refractivity (Wildman–Crippen MR) is 72.5 cm³/mol. The molecule has 18 heavy (non-hydrogen) atoms. The van der Waals surface area contributed by atoms with Gasteiger partial charge < -0.3 is 20.1 Å². The maximum atomic E-state index is 9.45. The Morgan fingerprint density at radius 1 is 1.00 bits per heavy atom. The van der Waals surface area contributed by atoms with Crippen molar-refractivity contribution in [3.63, 3.8) is 0 Å². The molecule has 0 heterocycles. The highest BCUT2D eigenvalue weighted by molar-refractivity contribution is 4.67. The van der Waals surface area contributed by atoms with Gasteiger partial charge in [0.1, 0.15) is 6.10 Å². The van der Waals surface area contributed by atoms with Gasteiger partial charge >= 0.3 is 0 Å². The van der Waals surface area contributed by atoms with Crippen molar-refractivity contribution >= 4 is 0 Å². The minimum Gasteiger partial charge on any atom is -0.396 e. The molecule has 0 aromatic rings. The first-order valence-electron chi connectivity index (χ1n) is 7.20. The third kappa shape index (κ3) is 8.86. The van der Waals surface area contributed by atoms with Gasteiger partial charge in [-0.05, 0) is 19.8 Å². The summed E-state index contributed by atoms with van der Waals surface area (Å²) in [5.74, 6) is 0. The van der Waals surface area contributed by atoms with Gasteiger partial charge in [-0.2, -0.15) is 0 Å². The number of aliphatic hydroxyl groups is 3. The first-order valence-corrected chi connectivity index (χ1v) is 7.20. The largest absolute Gasteiger partial charge is 0.396 e. The lowest BCUT2D eigenvalue weighted by atomic mass is 10.1. The normalized spacial score (nSPS) is 16.5. The average molecular weight is 262 g/mol. The topological polar surface area (TPSA) is 69.9 Å². The summed E-state index contributed by atoms with van der Waals surface area (Å²) in [4.78, 5) is 0. The van der Waals surface area contributed by atoms with Gasteiger partial charge in [-0.1, -0.05) is 39.0 Å². The molecular weight excluding hydrogens is 232 g/mol. The van der Waals surface area contributed by atoms with Gasteiger partial charge in [-0.15, -0.1) is 0 Å². The summed E-state index contributed by atoms with van der Waals surface area (Å²) in [7, 11) is 0. The molecule has 0 amide bonds. The van der Waals surface area contributed by atoms with Crippen molar-refractivity contribution in [1.82, 2.24) is 0 Å². The monoisotopic (exact) mass is 262 g/mol. The van der Waals surface area contributed by atoms with E-state index in [0.717, 1.165) is 12.8 Å². The van der Waals surface area contributed by atoms with E-state index in [1.165, 1.54) is 25.7 Å². The van der Waals surface area contributed by atoms with E-state index in [2.05, 4.69) is 6.92 Å². The van der Waals surface area contributed by atoms with E-state index in [1.807, 2.05) is 0 Å². The standard InChI is InChI=1S/C14H30O4/c1-3-4-5-6-7-8-13(9-10-15)18-12(2)14(17)11-16/h12-17H,3-11H2,1-2H3/t12-,13?,14+/m1/s1. The molecule has 0 aliphatic rings. The van der Waals surface area contributed by atoms with E-state index in [9.17, 15) is 5.11 Å². The Hall–Kier alpha value is -0.160. The summed E-state index contributed by atoms with van der Waals surface area (Å²) in [5, 5.41) is 27.3. The highest BCUT2D eigenvalue weighted by Gasteiger charge is 2.18. The van der Waals surface area contributed by atoms with Gasteiger partial charge in [0.2, 0.25) is 0 Å². The lowest BCUT2D eigenvalue weighted by Crippen LogP contribution is -2.33. The van der Waals surface area contributed by atoms with E-state index in [1.54, 1.807) is 6.92 Å². The van der Waals surface area contributed by atoms with Crippen LogP contribution in [0.4, 0.5) is 0 Å². The molecule has 110 valence electrons. The Kier molecular flexibility index (Phi) is 11.8. The predicted octanol–water partition coefficient (Wildman–Crippen LogP) is 1.86. The van der Waals surface area contributed by atoms with Gasteiger partial charge in [-0.3, -0.25) is 0 Å². The molecule has 0 aliphatic heterocycles. The molecule has 0 radical (unpaired) electrons. The van der Waals surface area contributed by atoms with Crippen LogP contribution in [0.3, 0.4) is 0 Å². The minimum absolute atomic E-state index is 0.0205. The lowest BCUT2D eigenvalue weighted by Gasteiger charge is -2.24. The molecule has 0 aliphatic carbocycles. The number of ether oxygens (including phenoxy) is 1. The van der Waals surface area contributed by atoms with Crippen molar-refractivity contribution in [1.29, 1.82) is 0 Å². The summed E-state index contributed by atoms with van der Waals surface area (Å²) in [6, 6.07) is 0. The molecule has 0 aromatic heterocycles. The third-order valence-electron chi connectivity index (χ3n) is 3.22. The molecule has 4 nitrogen and oxygen atoms in total. The Bertz CT molecular complexity index is 175. The van der Waals surface area contributed by atoms with Crippen molar-refractivity contribution in [3.05, 3.63) is 0 Å². The van der Waals surface area contributed by atoms with Crippen molar-refractivity contribution < 1.29 is 20.1 Å². The molecule has 0 saturated heterocycles. The maximum Gasteiger partial charge on any atom is 0.103 e. The molecule has 0 rings (SSSR count). The van der Waals surface area contributed by atoms with Crippen molar-refractivity contribution in [2.45, 2.75) is 77.1 Å². The van der Waals surface area contributed by atoms with Crippen LogP contribution in [-0.2, 0) is 4.74 Å². The average Bonchev–Trinajstić information content (AvgIpc) is 2.37. The van der Waals surface area contributed by atoms with Crippen LogP contribution in [0.5, 0.6) is 0 Å². The van der Waals surface area contributed by atoms with Crippen LogP contribution < -0.4 is 0 Å². The molecule has 0 bridgehead atoms. The van der Waals surface area contributed by atoms with E-state index >= 15 is 0 Å². The van der Waals surface area contributed by atoms with E-state index < -0.39 is 6.10 Å². The fraction of sp³-hybridized carbons (Fsp3) is 1.00. The molecular formula is C14H30O4. The van der Waals surface area contributed by atoms with Gasteiger partial charge in [0.25, 0.3) is 0 Å². The van der Waals surface area contributed by atoms with Crippen LogP contribution in [0, 0.1) is 0 Å². The van der Waals surface area contributed by atoms with Crippen molar-refractivity contribution in [2.75, 3.05) is 13.2 Å². The highest BCUT2D eigenvalue weighted by atomic mass is 16.5. The molecule has 0 fully saturated rings. The smallest absolute Gasteiger partial charge is 0.103 e. The zero-order chi connectivity index (χ0) is 13.8. The highest BCUT2D eigenvalue weighted by Crippen LogP contribution is 2.14. The summed E-state index contributed by atoms with van der Waals surface area (Å²) >= 11 is 0. The van der Waals surface area contributed by atoms with Gasteiger partial charge in [0, 0.05) is 6.61 Å². The first-order chi connectivity index (χ1) is 8.65. The Balaban J connectivity index is 3.83. The number of unbranched alkanes of at least 4 members (excludes halogenated alkanes) is 4. The first kappa shape index (κ1) is 17.8. The van der Waals surface area contributed by atoms with Crippen molar-refractivity contribution in [3.8, 4) is 0 Å². The summed E-state index contributed by atoms with van der Waals surface area (Å²) < 4.78 is 5.68. The summed E-state index contributed by atoms with van der Waals surface area (Å²) in [6.45, 7) is 3.75. The number of hydrogen-bond donors (Lipinski definition) is 3. The second-order valence-electron chi connectivity index (χ2n) is 4.93. The van der Waals surface area contributed by atoms with Crippen LogP contribution in [-0.4, -0.2) is 46.8 Å². The number of hydrogen-bond acceptors (Lipinski definition) is 4. The SMILES string of the molecule is CCCCCCCC(CCO)O[C@H](C)[C@@H](O)CO. The van der Waals surface area contributed by atoms with Crippen LogP contribution in [0.15, 0.2) is 0 Å². The van der Waals surface area contributed by atoms with Gasteiger partial charge in [-0.25, -0.2) is 0 Å². The zero-order valence-electron chi connectivity index (χ0n) is 11.8. The Morgan fingerprint density at radius 3 is 2.22 bits per heavy atom. The molecule has 4 heteroatoms. The fourth-order valence-corrected chi connectivity index (χ4v) is 1.94. The fourth-order valence-electron chi connectivity index (χ4n) is 1.94. The third-order valence-corrected chi connectivity index (χ3v) is 3.22. The van der Waals surface area contributed by atoms with E-state index in [0.29, 0.717) is 6.42 Å². The quantitative estimate of drug-likeness (QED) is 0.470. The molecule has 0 saturated carbocycles. The zero-order valence-corrected chi connectivity index (χ0v) is 11.8. The second kappa shape index (κ2) is 11.9. The van der Waals surface area contributed by atoms with Gasteiger partial charge in [0.05, 0.1) is 18.8 Å². The van der Waals surface area contributed by atoms with Crippen LogP contribution in [0.2, 0.25) is 0 Å². The number of aliphatic hydroxyl groups excluding tert-OH is 3. The number of rotatable bonds is 12. The molecule has 0 aromatic carbocycles. The minimum atomic E-state index is -0.841. The van der Waals surface area contributed by atoms with Crippen LogP contribution in [0.1, 0.15) is 58.8 Å². The van der Waals surface area contributed by atoms with Crippen molar-refractivity contribution in [2.24, 2.45) is 0 Å². The maximum absolute atomic E-state index is 9.45. The molecule has 3 N–H and O–H groups in total. The lowest BCUT2D eigenvalue weighted by molar-refractivity contribution is -0.0895. The Morgan fingerprint density at radius 2 is 1.67 bits per heavy atom. The van der Waals surface area contributed by atoms with Gasteiger partial charge in [0.15, 0.2) is 0 Å². The summed E-state index contributed by atoms with van der Waals surface area (Å²) in [5.41, 5.74) is 0. The van der Waals surface area contributed by atoms with Crippen LogP contribution >= 0.6 is 0 Å². The van der Waals surface area contributed by atoms with Crippen LogP contribution in [0.25, 0.3) is 0 Å². The molecule has 0 spiro atoms. The van der Waals surface area contributed by atoms with E-state index in [4.69, 9.17) is 14.9 Å². The summed E-state index contributed by atoms with van der Waals surface area (Å²) in [6.07, 6.45) is 6.28. The Labute approximate surface area is 111 Å². The molecule has 1 unspecified atom stereocenters.